The molecule has 94 valence electrons. The summed E-state index contributed by atoms with van der Waals surface area (Å²) in [4.78, 5) is 15.0. The highest BCUT2D eigenvalue weighted by atomic mass is 32.1. The van der Waals surface area contributed by atoms with Crippen molar-refractivity contribution in [1.29, 1.82) is 0 Å². The molecule has 1 aliphatic rings. The molecule has 18 heavy (non-hydrogen) atoms. The predicted octanol–water partition coefficient (Wildman–Crippen LogP) is 2.41. The molecule has 4 nitrogen and oxygen atoms in total. The lowest BCUT2D eigenvalue weighted by atomic mass is 10.0. The Morgan fingerprint density at radius 3 is 3.17 bits per heavy atom. The molecule has 5 heteroatoms. The van der Waals surface area contributed by atoms with Crippen LogP contribution in [0.15, 0.2) is 23.7 Å². The van der Waals surface area contributed by atoms with E-state index in [-0.39, 0.29) is 5.91 Å². The molecule has 0 aromatic carbocycles. The van der Waals surface area contributed by atoms with E-state index in [9.17, 15) is 4.79 Å². The van der Waals surface area contributed by atoms with Gasteiger partial charge in [0, 0.05) is 24.7 Å². The molecular formula is C13H15N3OS. The lowest BCUT2D eigenvalue weighted by molar-refractivity contribution is 0.0795. The van der Waals surface area contributed by atoms with Gasteiger partial charge in [0.05, 0.1) is 11.1 Å². The molecule has 0 unspecified atom stereocenters. The second-order valence-electron chi connectivity index (χ2n) is 4.68. The predicted molar refractivity (Wildman–Crippen MR) is 70.9 cm³/mol. The van der Waals surface area contributed by atoms with Gasteiger partial charge in [-0.25, -0.2) is 0 Å². The number of likely N-dealkylation sites (tertiary alicyclic amines) is 1. The third kappa shape index (κ3) is 1.95. The standard InChI is InChI=1S/C13H15N3OS/c1-9-7-14-15-12(9)10-4-5-16(8-10)13(17)11-3-2-6-18-11/h2-3,6-7,10H,4-5,8H2,1H3,(H,14,15)/t10-/m1/s1. The molecule has 1 amide bonds. The minimum atomic E-state index is 0.157. The van der Waals surface area contributed by atoms with Gasteiger partial charge in [0.25, 0.3) is 5.91 Å². The fourth-order valence-electron chi connectivity index (χ4n) is 2.51. The van der Waals surface area contributed by atoms with Crippen LogP contribution in [0, 0.1) is 6.92 Å². The van der Waals surface area contributed by atoms with Gasteiger partial charge in [-0.15, -0.1) is 11.3 Å². The van der Waals surface area contributed by atoms with Gasteiger partial charge in [0.1, 0.15) is 0 Å². The molecule has 1 aliphatic heterocycles. The van der Waals surface area contributed by atoms with Gasteiger partial charge in [-0.05, 0) is 30.4 Å². The minimum absolute atomic E-state index is 0.157. The average molecular weight is 261 g/mol. The summed E-state index contributed by atoms with van der Waals surface area (Å²) < 4.78 is 0. The number of nitrogens with one attached hydrogen (secondary N) is 1. The number of aromatic nitrogens is 2. The first kappa shape index (κ1) is 11.5. The Morgan fingerprint density at radius 2 is 2.50 bits per heavy atom. The molecule has 0 spiro atoms. The van der Waals surface area contributed by atoms with Gasteiger partial charge < -0.3 is 4.90 Å². The van der Waals surface area contributed by atoms with Gasteiger partial charge in [-0.2, -0.15) is 5.10 Å². The number of hydrogen-bond acceptors (Lipinski definition) is 3. The third-order valence-electron chi connectivity index (χ3n) is 3.48. The zero-order chi connectivity index (χ0) is 12.5. The molecule has 1 fully saturated rings. The zero-order valence-electron chi connectivity index (χ0n) is 10.2. The van der Waals surface area contributed by atoms with Crippen molar-refractivity contribution in [2.45, 2.75) is 19.3 Å². The number of nitrogens with zero attached hydrogens (tertiary/aromatic N) is 2. The van der Waals surface area contributed by atoms with E-state index in [0.29, 0.717) is 5.92 Å². The topological polar surface area (TPSA) is 49.0 Å². The summed E-state index contributed by atoms with van der Waals surface area (Å²) in [5.41, 5.74) is 2.36. The van der Waals surface area contributed by atoms with Crippen LogP contribution in [-0.4, -0.2) is 34.1 Å². The van der Waals surface area contributed by atoms with E-state index in [0.717, 1.165) is 24.4 Å². The highest BCUT2D eigenvalue weighted by Crippen LogP contribution is 2.29. The second-order valence-corrected chi connectivity index (χ2v) is 5.63. The maximum absolute atomic E-state index is 12.2. The SMILES string of the molecule is Cc1cn[nH]c1[C@@H]1CCN(C(=O)c2cccs2)C1. The molecule has 1 saturated heterocycles. The Bertz CT molecular complexity index is 546. The summed E-state index contributed by atoms with van der Waals surface area (Å²) in [6, 6.07) is 3.81. The van der Waals surface area contributed by atoms with Crippen LogP contribution in [0.5, 0.6) is 0 Å². The molecule has 3 heterocycles. The van der Waals surface area contributed by atoms with Crippen LogP contribution in [0.25, 0.3) is 0 Å². The van der Waals surface area contributed by atoms with E-state index in [1.54, 1.807) is 0 Å². The van der Waals surface area contributed by atoms with E-state index in [2.05, 4.69) is 17.1 Å². The minimum Gasteiger partial charge on any atom is -0.337 e. The number of carbonyl (C=O) groups excluding carboxylic acids is 1. The second kappa shape index (κ2) is 4.57. The largest absolute Gasteiger partial charge is 0.337 e. The van der Waals surface area contributed by atoms with Crippen LogP contribution in [0.1, 0.15) is 33.3 Å². The quantitative estimate of drug-likeness (QED) is 0.902. The van der Waals surface area contributed by atoms with E-state index in [1.807, 2.05) is 28.6 Å². The fraction of sp³-hybridized carbons (Fsp3) is 0.385. The Morgan fingerprint density at radius 1 is 1.61 bits per heavy atom. The summed E-state index contributed by atoms with van der Waals surface area (Å²) in [6.45, 7) is 3.68. The Kier molecular flexibility index (Phi) is 2.91. The molecule has 2 aromatic rings. The Balaban J connectivity index is 1.73. The molecule has 2 aromatic heterocycles. The zero-order valence-corrected chi connectivity index (χ0v) is 11.0. The van der Waals surface area contributed by atoms with Gasteiger partial charge in [-0.3, -0.25) is 9.89 Å². The molecule has 0 saturated carbocycles. The van der Waals surface area contributed by atoms with Crippen LogP contribution >= 0.6 is 11.3 Å². The first-order valence-electron chi connectivity index (χ1n) is 6.08. The van der Waals surface area contributed by atoms with Crippen molar-refractivity contribution in [2.24, 2.45) is 0 Å². The number of aromatic amines is 1. The maximum atomic E-state index is 12.2. The van der Waals surface area contributed by atoms with Crippen molar-refractivity contribution in [1.82, 2.24) is 15.1 Å². The van der Waals surface area contributed by atoms with E-state index >= 15 is 0 Å². The number of hydrogen-bond donors (Lipinski definition) is 1. The number of carbonyl (C=O) groups is 1. The van der Waals surface area contributed by atoms with Crippen LogP contribution in [-0.2, 0) is 0 Å². The van der Waals surface area contributed by atoms with Crippen LogP contribution in [0.4, 0.5) is 0 Å². The molecule has 1 atom stereocenters. The first-order chi connectivity index (χ1) is 8.75. The Labute approximate surface area is 110 Å². The third-order valence-corrected chi connectivity index (χ3v) is 4.34. The molecule has 1 N–H and O–H groups in total. The fourth-order valence-corrected chi connectivity index (χ4v) is 3.20. The first-order valence-corrected chi connectivity index (χ1v) is 6.96. The number of rotatable bonds is 2. The molecule has 0 bridgehead atoms. The average Bonchev–Trinajstić information content (AvgIpc) is 3.09. The van der Waals surface area contributed by atoms with Crippen molar-refractivity contribution >= 4 is 17.2 Å². The lowest BCUT2D eigenvalue weighted by Crippen LogP contribution is -2.27. The number of thiophene rings is 1. The van der Waals surface area contributed by atoms with Crippen molar-refractivity contribution in [3.63, 3.8) is 0 Å². The molecule has 3 rings (SSSR count). The summed E-state index contributed by atoms with van der Waals surface area (Å²) in [6.07, 6.45) is 2.86. The highest BCUT2D eigenvalue weighted by Gasteiger charge is 2.29. The van der Waals surface area contributed by atoms with Gasteiger partial charge in [-0.1, -0.05) is 6.07 Å². The van der Waals surface area contributed by atoms with E-state index in [1.165, 1.54) is 22.6 Å². The number of amides is 1. The van der Waals surface area contributed by atoms with E-state index in [4.69, 9.17) is 0 Å². The smallest absolute Gasteiger partial charge is 0.263 e. The van der Waals surface area contributed by atoms with Crippen LogP contribution in [0.2, 0.25) is 0 Å². The monoisotopic (exact) mass is 261 g/mol. The summed E-state index contributed by atoms with van der Waals surface area (Å²) >= 11 is 1.51. The van der Waals surface area contributed by atoms with Crippen molar-refractivity contribution in [3.05, 3.63) is 39.8 Å². The molecule has 0 aliphatic carbocycles. The van der Waals surface area contributed by atoms with Crippen LogP contribution < -0.4 is 0 Å². The molecular weight excluding hydrogens is 246 g/mol. The molecule has 0 radical (unpaired) electrons. The highest BCUT2D eigenvalue weighted by molar-refractivity contribution is 7.12. The maximum Gasteiger partial charge on any atom is 0.263 e. The number of H-pyrrole nitrogens is 1. The summed E-state index contributed by atoms with van der Waals surface area (Å²) in [5, 5.41) is 9.06. The van der Waals surface area contributed by atoms with Crippen molar-refractivity contribution in [3.8, 4) is 0 Å². The number of aryl methyl sites for hydroxylation is 1. The summed E-state index contributed by atoms with van der Waals surface area (Å²) in [5.74, 6) is 0.557. The van der Waals surface area contributed by atoms with Crippen LogP contribution in [0.3, 0.4) is 0 Å². The van der Waals surface area contributed by atoms with Gasteiger partial charge in [0.2, 0.25) is 0 Å². The summed E-state index contributed by atoms with van der Waals surface area (Å²) in [7, 11) is 0. The van der Waals surface area contributed by atoms with E-state index < -0.39 is 0 Å². The van der Waals surface area contributed by atoms with Crippen molar-refractivity contribution < 1.29 is 4.79 Å². The normalized spacial score (nSPS) is 19.4. The van der Waals surface area contributed by atoms with Gasteiger partial charge >= 0.3 is 0 Å². The lowest BCUT2D eigenvalue weighted by Gasteiger charge is -2.15. The Hall–Kier alpha value is -1.62. The van der Waals surface area contributed by atoms with Crippen molar-refractivity contribution in [2.75, 3.05) is 13.1 Å². The van der Waals surface area contributed by atoms with Gasteiger partial charge in [0.15, 0.2) is 0 Å².